The van der Waals surface area contributed by atoms with Gasteiger partial charge in [-0.05, 0) is 40.0 Å². The number of nitrogens with one attached hydrogen (secondary N) is 1. The van der Waals surface area contributed by atoms with Crippen LogP contribution in [0.1, 0.15) is 27.2 Å². The third-order valence-electron chi connectivity index (χ3n) is 4.10. The quantitative estimate of drug-likeness (QED) is 0.678. The Labute approximate surface area is 106 Å². The fourth-order valence-corrected chi connectivity index (χ4v) is 2.70. The summed E-state index contributed by atoms with van der Waals surface area (Å²) in [6.45, 7) is 12.2. The monoisotopic (exact) mass is 243 g/mol. The van der Waals surface area contributed by atoms with Crippen LogP contribution < -0.4 is 5.32 Å². The minimum Gasteiger partial charge on any atom is -0.394 e. The van der Waals surface area contributed by atoms with Crippen molar-refractivity contribution in [3.05, 3.63) is 0 Å². The predicted molar refractivity (Wildman–Crippen MR) is 72.3 cm³/mol. The van der Waals surface area contributed by atoms with E-state index in [1.54, 1.807) is 0 Å². The fourth-order valence-electron chi connectivity index (χ4n) is 2.70. The molecule has 4 heteroatoms. The van der Waals surface area contributed by atoms with Gasteiger partial charge in [-0.25, -0.2) is 0 Å². The first-order valence-corrected chi connectivity index (χ1v) is 6.84. The Balaban J connectivity index is 2.45. The van der Waals surface area contributed by atoms with Gasteiger partial charge in [-0.2, -0.15) is 0 Å². The molecule has 1 fully saturated rings. The molecular formula is C13H29N3O. The molecule has 0 aromatic rings. The third kappa shape index (κ3) is 3.91. The first kappa shape index (κ1) is 14.9. The average Bonchev–Trinajstić information content (AvgIpc) is 2.79. The molecule has 2 N–H and O–H groups in total. The van der Waals surface area contributed by atoms with Crippen LogP contribution >= 0.6 is 0 Å². The van der Waals surface area contributed by atoms with Crippen molar-refractivity contribution in [3.8, 4) is 0 Å². The van der Waals surface area contributed by atoms with Gasteiger partial charge in [0.05, 0.1) is 12.1 Å². The molecule has 0 aromatic carbocycles. The Morgan fingerprint density at radius 1 is 1.41 bits per heavy atom. The van der Waals surface area contributed by atoms with E-state index in [-0.39, 0.29) is 12.1 Å². The molecule has 1 saturated heterocycles. The van der Waals surface area contributed by atoms with E-state index < -0.39 is 0 Å². The predicted octanol–water partition coefficient (Wildman–Crippen LogP) is 0.373. The van der Waals surface area contributed by atoms with Crippen LogP contribution in [0.4, 0.5) is 0 Å². The highest BCUT2D eigenvalue weighted by atomic mass is 16.3. The first-order valence-electron chi connectivity index (χ1n) is 6.84. The van der Waals surface area contributed by atoms with Crippen molar-refractivity contribution in [2.24, 2.45) is 0 Å². The van der Waals surface area contributed by atoms with Crippen LogP contribution in [0, 0.1) is 0 Å². The smallest absolute Gasteiger partial charge is 0.0623 e. The largest absolute Gasteiger partial charge is 0.394 e. The van der Waals surface area contributed by atoms with Gasteiger partial charge in [0.15, 0.2) is 0 Å². The topological polar surface area (TPSA) is 38.7 Å². The van der Waals surface area contributed by atoms with Crippen molar-refractivity contribution in [1.29, 1.82) is 0 Å². The summed E-state index contributed by atoms with van der Waals surface area (Å²) < 4.78 is 0. The van der Waals surface area contributed by atoms with Crippen LogP contribution in [0.3, 0.4) is 0 Å². The molecule has 1 rings (SSSR count). The lowest BCUT2D eigenvalue weighted by Crippen LogP contribution is -2.52. The van der Waals surface area contributed by atoms with Gasteiger partial charge in [0.25, 0.3) is 0 Å². The summed E-state index contributed by atoms with van der Waals surface area (Å²) in [5.74, 6) is 0. The number of hydrogen-bond donors (Lipinski definition) is 2. The minimum atomic E-state index is -0.169. The second-order valence-corrected chi connectivity index (χ2v) is 5.37. The van der Waals surface area contributed by atoms with E-state index in [1.165, 1.54) is 6.42 Å². The molecule has 2 unspecified atom stereocenters. The molecule has 1 heterocycles. The molecule has 0 aromatic heterocycles. The number of likely N-dealkylation sites (tertiary alicyclic amines) is 1. The molecular weight excluding hydrogens is 214 g/mol. The normalized spacial score (nSPS) is 25.4. The number of rotatable bonds is 7. The van der Waals surface area contributed by atoms with E-state index >= 15 is 0 Å². The number of likely N-dealkylation sites (N-methyl/N-ethyl adjacent to an activating group) is 2. The molecule has 0 amide bonds. The zero-order chi connectivity index (χ0) is 12.9. The number of aliphatic hydroxyl groups is 1. The molecule has 1 aliphatic heterocycles. The van der Waals surface area contributed by atoms with Crippen molar-refractivity contribution in [2.75, 3.05) is 46.4 Å². The summed E-state index contributed by atoms with van der Waals surface area (Å²) in [7, 11) is 1.92. The molecule has 102 valence electrons. The summed E-state index contributed by atoms with van der Waals surface area (Å²) in [5, 5.41) is 12.6. The first-order chi connectivity index (χ1) is 8.08. The average molecular weight is 243 g/mol. The molecule has 0 saturated carbocycles. The highest BCUT2D eigenvalue weighted by Crippen LogP contribution is 2.17. The third-order valence-corrected chi connectivity index (χ3v) is 4.10. The van der Waals surface area contributed by atoms with Gasteiger partial charge in [-0.1, -0.05) is 13.8 Å². The summed E-state index contributed by atoms with van der Waals surface area (Å²) in [5.41, 5.74) is -0.169. The molecule has 0 spiro atoms. The maximum atomic E-state index is 9.41. The van der Waals surface area contributed by atoms with Crippen LogP contribution in [0.15, 0.2) is 0 Å². The summed E-state index contributed by atoms with van der Waals surface area (Å²) in [6, 6.07) is 0.699. The van der Waals surface area contributed by atoms with Gasteiger partial charge >= 0.3 is 0 Å². The Morgan fingerprint density at radius 3 is 2.53 bits per heavy atom. The van der Waals surface area contributed by atoms with E-state index in [4.69, 9.17) is 0 Å². The molecule has 4 nitrogen and oxygen atoms in total. The summed E-state index contributed by atoms with van der Waals surface area (Å²) >= 11 is 0. The highest BCUT2D eigenvalue weighted by molar-refractivity contribution is 4.90. The molecule has 0 radical (unpaired) electrons. The number of hydrogen-bond acceptors (Lipinski definition) is 4. The van der Waals surface area contributed by atoms with Gasteiger partial charge in [0.2, 0.25) is 0 Å². The Hall–Kier alpha value is -0.160. The number of nitrogens with zero attached hydrogens (tertiary/aromatic N) is 2. The zero-order valence-corrected chi connectivity index (χ0v) is 11.9. The van der Waals surface area contributed by atoms with Crippen molar-refractivity contribution in [3.63, 3.8) is 0 Å². The second-order valence-electron chi connectivity index (χ2n) is 5.37. The van der Waals surface area contributed by atoms with Gasteiger partial charge in [0.1, 0.15) is 0 Å². The lowest BCUT2D eigenvalue weighted by molar-refractivity contribution is 0.131. The van der Waals surface area contributed by atoms with Gasteiger partial charge in [-0.15, -0.1) is 0 Å². The van der Waals surface area contributed by atoms with Gasteiger partial charge < -0.3 is 10.4 Å². The SMILES string of the molecule is CCN(CC)C1CCN(CC(C)(CO)NC)C1. The lowest BCUT2D eigenvalue weighted by atomic mass is 10.0. The van der Waals surface area contributed by atoms with Crippen LogP contribution in [-0.2, 0) is 0 Å². The lowest BCUT2D eigenvalue weighted by Gasteiger charge is -2.32. The maximum Gasteiger partial charge on any atom is 0.0623 e. The summed E-state index contributed by atoms with van der Waals surface area (Å²) in [4.78, 5) is 5.01. The number of aliphatic hydroxyl groups excluding tert-OH is 1. The molecule has 0 bridgehead atoms. The standard InChI is InChI=1S/C13H29N3O/c1-5-16(6-2)12-7-8-15(9-12)10-13(3,11-17)14-4/h12,14,17H,5-11H2,1-4H3. The van der Waals surface area contributed by atoms with Gasteiger partial charge in [0, 0.05) is 19.1 Å². The van der Waals surface area contributed by atoms with E-state index in [0.29, 0.717) is 6.04 Å². The zero-order valence-electron chi connectivity index (χ0n) is 11.9. The highest BCUT2D eigenvalue weighted by Gasteiger charge is 2.31. The van der Waals surface area contributed by atoms with Crippen molar-refractivity contribution in [2.45, 2.75) is 38.8 Å². The van der Waals surface area contributed by atoms with Crippen LogP contribution in [0.2, 0.25) is 0 Å². The minimum absolute atomic E-state index is 0.169. The second kappa shape index (κ2) is 6.69. The fraction of sp³-hybridized carbons (Fsp3) is 1.00. The van der Waals surface area contributed by atoms with Crippen molar-refractivity contribution in [1.82, 2.24) is 15.1 Å². The molecule has 17 heavy (non-hydrogen) atoms. The van der Waals surface area contributed by atoms with E-state index in [0.717, 1.165) is 32.7 Å². The Bertz CT molecular complexity index is 215. The van der Waals surface area contributed by atoms with Gasteiger partial charge in [-0.3, -0.25) is 9.80 Å². The maximum absolute atomic E-state index is 9.41. The summed E-state index contributed by atoms with van der Waals surface area (Å²) in [6.07, 6.45) is 1.26. The molecule has 2 atom stereocenters. The molecule has 1 aliphatic rings. The molecule has 0 aliphatic carbocycles. The van der Waals surface area contributed by atoms with E-state index in [1.807, 2.05) is 7.05 Å². The van der Waals surface area contributed by atoms with Crippen molar-refractivity contribution < 1.29 is 5.11 Å². The van der Waals surface area contributed by atoms with Crippen LogP contribution in [-0.4, -0.2) is 72.9 Å². The van der Waals surface area contributed by atoms with Crippen molar-refractivity contribution >= 4 is 0 Å². The Kier molecular flexibility index (Phi) is 5.86. The Morgan fingerprint density at radius 2 is 2.06 bits per heavy atom. The van der Waals surface area contributed by atoms with E-state index in [9.17, 15) is 5.11 Å². The van der Waals surface area contributed by atoms with Crippen LogP contribution in [0.5, 0.6) is 0 Å². The van der Waals surface area contributed by atoms with Crippen LogP contribution in [0.25, 0.3) is 0 Å². The van der Waals surface area contributed by atoms with E-state index in [2.05, 4.69) is 35.9 Å².